The number of hydrogen-bond acceptors (Lipinski definition) is 11. The number of piperidine rings is 1. The number of hydrogen-bond donors (Lipinski definition) is 5. The molecule has 4 heterocycles. The van der Waals surface area contributed by atoms with Crippen LogP contribution in [0.2, 0.25) is 0 Å². The Kier molecular flexibility index (Phi) is 9.92. The summed E-state index contributed by atoms with van der Waals surface area (Å²) >= 11 is 0. The van der Waals surface area contributed by atoms with Gasteiger partial charge in [-0.2, -0.15) is 10.1 Å². The number of carbonyl (C=O) groups is 1. The first kappa shape index (κ1) is 32.9. The van der Waals surface area contributed by atoms with Crippen LogP contribution in [0.25, 0.3) is 0 Å². The summed E-state index contributed by atoms with van der Waals surface area (Å²) in [4.78, 5) is 34.0. The Labute approximate surface area is 271 Å². The first-order valence-corrected chi connectivity index (χ1v) is 15.9. The van der Waals surface area contributed by atoms with Gasteiger partial charge in [0.25, 0.3) is 5.91 Å². The average Bonchev–Trinajstić information content (AvgIpc) is 3.50. The molecule has 0 spiro atoms. The number of rotatable bonds is 7. The Bertz CT molecular complexity index is 1560. The number of aliphatic imine (C=N–C) groups is 3. The molecule has 0 saturated carbocycles. The minimum Gasteiger partial charge on any atom is -0.383 e. The molecule has 46 heavy (non-hydrogen) atoms. The van der Waals surface area contributed by atoms with Gasteiger partial charge in [-0.3, -0.25) is 19.8 Å². The number of H-pyrrole nitrogens is 1. The molecule has 0 aliphatic carbocycles. The lowest BCUT2D eigenvalue weighted by Gasteiger charge is -2.39. The highest BCUT2D eigenvalue weighted by Crippen LogP contribution is 2.25. The van der Waals surface area contributed by atoms with Crippen LogP contribution in [0.5, 0.6) is 0 Å². The predicted molar refractivity (Wildman–Crippen MR) is 186 cm³/mol. The molecule has 3 aliphatic heterocycles. The second-order valence-corrected chi connectivity index (χ2v) is 13.4. The molecule has 0 unspecified atom stereocenters. The van der Waals surface area contributed by atoms with Crippen LogP contribution in [-0.2, 0) is 5.41 Å². The lowest BCUT2D eigenvalue weighted by molar-refractivity contribution is 0.102. The van der Waals surface area contributed by atoms with Gasteiger partial charge in [-0.05, 0) is 63.5 Å². The molecule has 1 aromatic carbocycles. The maximum atomic E-state index is 13.1. The van der Waals surface area contributed by atoms with E-state index in [1.54, 1.807) is 12.1 Å². The molecule has 7 N–H and O–H groups in total. The maximum absolute atomic E-state index is 13.1. The molecule has 13 nitrogen and oxygen atoms in total. The number of piperazine rings is 1. The molecule has 2 saturated heterocycles. The van der Waals surface area contributed by atoms with Crippen LogP contribution < -0.4 is 22.1 Å². The van der Waals surface area contributed by atoms with Crippen molar-refractivity contribution >= 4 is 34.9 Å². The third-order valence-corrected chi connectivity index (χ3v) is 8.75. The molecule has 0 radical (unpaired) electrons. The van der Waals surface area contributed by atoms with E-state index in [4.69, 9.17) is 16.5 Å². The zero-order valence-corrected chi connectivity index (χ0v) is 27.7. The average molecular weight is 629 g/mol. The maximum Gasteiger partial charge on any atom is 0.256 e. The highest BCUT2D eigenvalue weighted by molar-refractivity contribution is 6.49. The zero-order chi connectivity index (χ0) is 33.0. The fourth-order valence-corrected chi connectivity index (χ4v) is 5.81. The summed E-state index contributed by atoms with van der Waals surface area (Å²) in [6, 6.07) is 7.21. The fourth-order valence-electron chi connectivity index (χ4n) is 5.81. The van der Waals surface area contributed by atoms with Crippen molar-refractivity contribution in [2.45, 2.75) is 46.0 Å². The van der Waals surface area contributed by atoms with E-state index < -0.39 is 0 Å². The number of benzene rings is 1. The number of guanidine groups is 1. The van der Waals surface area contributed by atoms with E-state index in [0.717, 1.165) is 49.9 Å². The van der Waals surface area contributed by atoms with Crippen molar-refractivity contribution in [2.24, 2.45) is 32.4 Å². The number of aromatic nitrogens is 2. The lowest BCUT2D eigenvalue weighted by atomic mass is 9.92. The van der Waals surface area contributed by atoms with Gasteiger partial charge in [0.15, 0.2) is 5.84 Å². The van der Waals surface area contributed by atoms with Gasteiger partial charge in [0, 0.05) is 61.7 Å². The molecule has 2 fully saturated rings. The van der Waals surface area contributed by atoms with E-state index in [9.17, 15) is 4.79 Å². The van der Waals surface area contributed by atoms with Gasteiger partial charge in [-0.25, -0.2) is 4.99 Å². The van der Waals surface area contributed by atoms with Crippen LogP contribution in [0, 0.1) is 12.8 Å². The van der Waals surface area contributed by atoms with Crippen LogP contribution in [0.4, 0.5) is 11.5 Å². The first-order chi connectivity index (χ1) is 21.9. The van der Waals surface area contributed by atoms with Crippen LogP contribution in [0.1, 0.15) is 55.2 Å². The minimum atomic E-state index is -0.281. The smallest absolute Gasteiger partial charge is 0.256 e. The van der Waals surface area contributed by atoms with Gasteiger partial charge >= 0.3 is 0 Å². The van der Waals surface area contributed by atoms with Crippen LogP contribution in [-0.4, -0.2) is 101 Å². The van der Waals surface area contributed by atoms with Crippen molar-refractivity contribution in [1.82, 2.24) is 24.9 Å². The fraction of sp³-hybridized carbons (Fsp3) is 0.485. The van der Waals surface area contributed by atoms with Crippen molar-refractivity contribution in [2.75, 3.05) is 63.5 Å². The van der Waals surface area contributed by atoms with Gasteiger partial charge in [0.1, 0.15) is 23.0 Å². The summed E-state index contributed by atoms with van der Waals surface area (Å²) in [6.45, 7) is 18.8. The second kappa shape index (κ2) is 13.9. The van der Waals surface area contributed by atoms with Crippen molar-refractivity contribution < 1.29 is 4.79 Å². The summed E-state index contributed by atoms with van der Waals surface area (Å²) in [5.41, 5.74) is 16.5. The summed E-state index contributed by atoms with van der Waals surface area (Å²) in [7, 11) is 2.20. The Morgan fingerprint density at radius 1 is 1.11 bits per heavy atom. The van der Waals surface area contributed by atoms with Gasteiger partial charge in [0.2, 0.25) is 5.96 Å². The van der Waals surface area contributed by atoms with Crippen LogP contribution >= 0.6 is 0 Å². The SMILES string of the molecule is C=C/N=C1/C(N)=NC(N2CCN(CC3CCN(C)CC3)CC2)=N/C1=C(/N)Nc1cc(C(=O)Nc2cc(C(C)(C)C)n[nH]2)ccc1C. The van der Waals surface area contributed by atoms with Crippen molar-refractivity contribution in [3.63, 3.8) is 0 Å². The second-order valence-electron chi connectivity index (χ2n) is 13.4. The molecule has 0 bridgehead atoms. The summed E-state index contributed by atoms with van der Waals surface area (Å²) in [5, 5.41) is 13.4. The third kappa shape index (κ3) is 7.83. The first-order valence-electron chi connectivity index (χ1n) is 15.9. The number of amides is 1. The summed E-state index contributed by atoms with van der Waals surface area (Å²) in [5.74, 6) is 1.97. The minimum absolute atomic E-state index is 0.143. The van der Waals surface area contributed by atoms with Gasteiger partial charge in [-0.15, -0.1) is 0 Å². The Balaban J connectivity index is 1.31. The Morgan fingerprint density at radius 3 is 2.48 bits per heavy atom. The van der Waals surface area contributed by atoms with E-state index in [1.807, 2.05) is 19.1 Å². The molecule has 5 rings (SSSR count). The number of aryl methyl sites for hydroxylation is 1. The summed E-state index contributed by atoms with van der Waals surface area (Å²) < 4.78 is 0. The quantitative estimate of drug-likeness (QED) is 0.312. The molecule has 1 aromatic heterocycles. The topological polar surface area (TPSA) is 169 Å². The van der Waals surface area contributed by atoms with Gasteiger partial charge < -0.3 is 31.9 Å². The molecular formula is C33H48N12O. The number of nitrogens with zero attached hydrogens (tertiary/aromatic N) is 7. The number of nitrogens with two attached hydrogens (primary N) is 2. The number of likely N-dealkylation sites (tertiary alicyclic amines) is 1. The molecule has 246 valence electrons. The van der Waals surface area contributed by atoms with Gasteiger partial charge in [0.05, 0.1) is 5.69 Å². The van der Waals surface area contributed by atoms with Crippen molar-refractivity contribution in [3.8, 4) is 0 Å². The highest BCUT2D eigenvalue weighted by Gasteiger charge is 2.28. The van der Waals surface area contributed by atoms with E-state index in [2.05, 4.69) is 79.9 Å². The zero-order valence-electron chi connectivity index (χ0n) is 27.7. The molecule has 3 aliphatic rings. The third-order valence-electron chi connectivity index (χ3n) is 8.75. The van der Waals surface area contributed by atoms with E-state index >= 15 is 0 Å². The number of amidine groups is 1. The van der Waals surface area contributed by atoms with E-state index in [-0.39, 0.29) is 23.0 Å². The largest absolute Gasteiger partial charge is 0.383 e. The Morgan fingerprint density at radius 2 is 1.83 bits per heavy atom. The number of aromatic amines is 1. The van der Waals surface area contributed by atoms with Crippen molar-refractivity contribution in [1.29, 1.82) is 0 Å². The Hall–Kier alpha value is -4.49. The standard InChI is InChI=1S/C33H48N12O/c1-7-36-27-28(39-32(40-29(27)34)45-16-14-44(15-17-45)20-22-10-12-43(6)13-11-22)30(35)37-24-18-23(9-8-21(24)2)31(46)38-26-19-25(41-42-26)33(3,4)5/h7-9,18-19,22,37H,1,10-17,20,35H2,2-6H3,(H2,34,39,40)(H2,38,41,42,46)/b30-28-,36-27+. The number of carbonyl (C=O) groups excluding carboxylic acids is 1. The molecular weight excluding hydrogens is 580 g/mol. The van der Waals surface area contributed by atoms with Crippen LogP contribution in [0.15, 0.2) is 63.5 Å². The number of nitrogens with one attached hydrogen (secondary N) is 3. The van der Waals surface area contributed by atoms with E-state index in [1.165, 1.54) is 32.1 Å². The molecule has 0 atom stereocenters. The van der Waals surface area contributed by atoms with Crippen LogP contribution in [0.3, 0.4) is 0 Å². The van der Waals surface area contributed by atoms with Gasteiger partial charge in [-0.1, -0.05) is 33.4 Å². The molecule has 13 heteroatoms. The van der Waals surface area contributed by atoms with Crippen molar-refractivity contribution in [3.05, 3.63) is 65.4 Å². The monoisotopic (exact) mass is 628 g/mol. The predicted octanol–water partition coefficient (Wildman–Crippen LogP) is 3.08. The number of anilines is 2. The molecule has 2 aromatic rings. The summed E-state index contributed by atoms with van der Waals surface area (Å²) in [6.07, 6.45) is 3.90. The van der Waals surface area contributed by atoms with E-state index in [0.29, 0.717) is 34.4 Å². The normalized spacial score (nSPS) is 20.7. The molecule has 1 amide bonds. The highest BCUT2D eigenvalue weighted by atomic mass is 16.1. The lowest BCUT2D eigenvalue weighted by Crippen LogP contribution is -2.51.